The summed E-state index contributed by atoms with van der Waals surface area (Å²) in [6.07, 6.45) is 0. The molecular weight excluding hydrogens is 282 g/mol. The highest BCUT2D eigenvalue weighted by Crippen LogP contribution is 2.39. The maximum Gasteiger partial charge on any atom is 0.355 e. The number of aromatic amines is 1. The average molecular weight is 295 g/mol. The lowest BCUT2D eigenvalue weighted by Gasteiger charge is -2.05. The van der Waals surface area contributed by atoms with Gasteiger partial charge in [0.2, 0.25) is 6.79 Å². The SMILES string of the molecule is COC(=O)c1[nH]c2ccccc2c1-c1ccc2c(c1)OCO2. The van der Waals surface area contributed by atoms with Crippen molar-refractivity contribution in [3.8, 4) is 22.6 Å². The maximum absolute atomic E-state index is 12.1. The van der Waals surface area contributed by atoms with Gasteiger partial charge in [-0.3, -0.25) is 0 Å². The van der Waals surface area contributed by atoms with Gasteiger partial charge in [0.1, 0.15) is 5.69 Å². The summed E-state index contributed by atoms with van der Waals surface area (Å²) in [5.74, 6) is 0.991. The van der Waals surface area contributed by atoms with Crippen LogP contribution in [0.1, 0.15) is 10.5 Å². The van der Waals surface area contributed by atoms with Gasteiger partial charge in [-0.05, 0) is 23.8 Å². The minimum atomic E-state index is -0.399. The number of rotatable bonds is 2. The van der Waals surface area contributed by atoms with Crippen LogP contribution < -0.4 is 9.47 Å². The van der Waals surface area contributed by atoms with Crippen LogP contribution in [0, 0.1) is 0 Å². The summed E-state index contributed by atoms with van der Waals surface area (Å²) in [6.45, 7) is 0.219. The topological polar surface area (TPSA) is 60.6 Å². The van der Waals surface area contributed by atoms with Crippen LogP contribution in [0.4, 0.5) is 0 Å². The summed E-state index contributed by atoms with van der Waals surface area (Å²) in [7, 11) is 1.37. The number of carbonyl (C=O) groups excluding carboxylic acids is 1. The molecule has 0 atom stereocenters. The highest BCUT2D eigenvalue weighted by Gasteiger charge is 2.22. The molecular formula is C17H13NO4. The summed E-state index contributed by atoms with van der Waals surface area (Å²) in [6, 6.07) is 13.4. The number of hydrogen-bond acceptors (Lipinski definition) is 4. The van der Waals surface area contributed by atoms with E-state index in [1.807, 2.05) is 42.5 Å². The summed E-state index contributed by atoms with van der Waals surface area (Å²) in [4.78, 5) is 15.2. The molecule has 4 rings (SSSR count). The van der Waals surface area contributed by atoms with E-state index in [-0.39, 0.29) is 6.79 Å². The van der Waals surface area contributed by atoms with Gasteiger partial charge in [-0.25, -0.2) is 4.79 Å². The van der Waals surface area contributed by atoms with E-state index < -0.39 is 5.97 Å². The summed E-state index contributed by atoms with van der Waals surface area (Å²) >= 11 is 0. The van der Waals surface area contributed by atoms with E-state index in [9.17, 15) is 4.79 Å². The molecule has 0 spiro atoms. The minimum Gasteiger partial charge on any atom is -0.464 e. The summed E-state index contributed by atoms with van der Waals surface area (Å²) in [5.41, 5.74) is 3.00. The first-order chi connectivity index (χ1) is 10.8. The number of para-hydroxylation sites is 1. The predicted octanol–water partition coefficient (Wildman–Crippen LogP) is 3.35. The Balaban J connectivity index is 1.98. The zero-order chi connectivity index (χ0) is 15.1. The van der Waals surface area contributed by atoms with E-state index in [2.05, 4.69) is 4.98 Å². The fourth-order valence-electron chi connectivity index (χ4n) is 2.75. The van der Waals surface area contributed by atoms with Gasteiger partial charge in [0.15, 0.2) is 11.5 Å². The first-order valence-corrected chi connectivity index (χ1v) is 6.87. The predicted molar refractivity (Wildman–Crippen MR) is 81.2 cm³/mol. The van der Waals surface area contributed by atoms with Crippen LogP contribution in [0.3, 0.4) is 0 Å². The normalized spacial score (nSPS) is 12.6. The molecule has 0 saturated heterocycles. The van der Waals surface area contributed by atoms with Crippen molar-refractivity contribution >= 4 is 16.9 Å². The molecule has 0 aliphatic carbocycles. The van der Waals surface area contributed by atoms with Gasteiger partial charge in [0.25, 0.3) is 0 Å². The number of carbonyl (C=O) groups is 1. The number of benzene rings is 2. The van der Waals surface area contributed by atoms with Gasteiger partial charge >= 0.3 is 5.97 Å². The second kappa shape index (κ2) is 4.80. The van der Waals surface area contributed by atoms with Crippen LogP contribution in [0.25, 0.3) is 22.0 Å². The highest BCUT2D eigenvalue weighted by atomic mass is 16.7. The molecule has 0 unspecified atom stereocenters. The van der Waals surface area contributed by atoms with Gasteiger partial charge < -0.3 is 19.2 Å². The molecule has 22 heavy (non-hydrogen) atoms. The number of nitrogens with one attached hydrogen (secondary N) is 1. The number of aromatic nitrogens is 1. The first-order valence-electron chi connectivity index (χ1n) is 6.87. The molecule has 1 aromatic heterocycles. The van der Waals surface area contributed by atoms with Crippen molar-refractivity contribution in [2.75, 3.05) is 13.9 Å². The molecule has 1 N–H and O–H groups in total. The van der Waals surface area contributed by atoms with Crippen LogP contribution in [0.15, 0.2) is 42.5 Å². The van der Waals surface area contributed by atoms with Gasteiger partial charge in [0, 0.05) is 16.5 Å². The van der Waals surface area contributed by atoms with E-state index in [1.165, 1.54) is 7.11 Å². The lowest BCUT2D eigenvalue weighted by molar-refractivity contribution is 0.0596. The van der Waals surface area contributed by atoms with Crippen LogP contribution in [0.2, 0.25) is 0 Å². The first kappa shape index (κ1) is 12.8. The Morgan fingerprint density at radius 2 is 1.95 bits per heavy atom. The van der Waals surface area contributed by atoms with E-state index in [4.69, 9.17) is 14.2 Å². The number of ether oxygens (including phenoxy) is 3. The fourth-order valence-corrected chi connectivity index (χ4v) is 2.75. The monoisotopic (exact) mass is 295 g/mol. The Labute approximate surface area is 126 Å². The van der Waals surface area contributed by atoms with Crippen LogP contribution in [-0.4, -0.2) is 24.9 Å². The maximum atomic E-state index is 12.1. The van der Waals surface area contributed by atoms with Crippen LogP contribution in [0.5, 0.6) is 11.5 Å². The zero-order valence-electron chi connectivity index (χ0n) is 11.9. The number of esters is 1. The van der Waals surface area contributed by atoms with Crippen molar-refractivity contribution < 1.29 is 19.0 Å². The molecule has 2 heterocycles. The molecule has 1 aliphatic rings. The Morgan fingerprint density at radius 3 is 2.82 bits per heavy atom. The van der Waals surface area contributed by atoms with Crippen molar-refractivity contribution in [1.29, 1.82) is 0 Å². The standard InChI is InChI=1S/C17H13NO4/c1-20-17(19)16-15(11-4-2-3-5-12(11)18-16)10-6-7-13-14(8-10)22-9-21-13/h2-8,18H,9H2,1H3. The van der Waals surface area contributed by atoms with Gasteiger partial charge in [-0.2, -0.15) is 0 Å². The van der Waals surface area contributed by atoms with Gasteiger partial charge in [-0.1, -0.05) is 24.3 Å². The van der Waals surface area contributed by atoms with Crippen molar-refractivity contribution in [1.82, 2.24) is 4.98 Å². The second-order valence-corrected chi connectivity index (χ2v) is 4.98. The molecule has 3 aromatic rings. The van der Waals surface area contributed by atoms with Crippen molar-refractivity contribution in [2.45, 2.75) is 0 Å². The molecule has 0 saturated carbocycles. The molecule has 110 valence electrons. The van der Waals surface area contributed by atoms with Gasteiger partial charge in [-0.15, -0.1) is 0 Å². The minimum absolute atomic E-state index is 0.219. The Bertz CT molecular complexity index is 881. The molecule has 0 amide bonds. The molecule has 0 fully saturated rings. The third kappa shape index (κ3) is 1.83. The van der Waals surface area contributed by atoms with Crippen molar-refractivity contribution in [2.24, 2.45) is 0 Å². The second-order valence-electron chi connectivity index (χ2n) is 4.98. The van der Waals surface area contributed by atoms with Crippen molar-refractivity contribution in [3.05, 3.63) is 48.2 Å². The van der Waals surface area contributed by atoms with E-state index >= 15 is 0 Å². The molecule has 0 radical (unpaired) electrons. The molecule has 2 aromatic carbocycles. The largest absolute Gasteiger partial charge is 0.464 e. The Kier molecular flexibility index (Phi) is 2.79. The Hall–Kier alpha value is -2.95. The van der Waals surface area contributed by atoms with Crippen molar-refractivity contribution in [3.63, 3.8) is 0 Å². The molecule has 1 aliphatic heterocycles. The third-order valence-electron chi connectivity index (χ3n) is 3.76. The lowest BCUT2D eigenvalue weighted by Crippen LogP contribution is -2.03. The molecule has 5 nitrogen and oxygen atoms in total. The number of hydrogen-bond donors (Lipinski definition) is 1. The third-order valence-corrected chi connectivity index (χ3v) is 3.76. The molecule has 5 heteroatoms. The summed E-state index contributed by atoms with van der Waals surface area (Å²) in [5, 5.41) is 0.960. The van der Waals surface area contributed by atoms with E-state index in [0.717, 1.165) is 22.0 Å². The Morgan fingerprint density at radius 1 is 1.14 bits per heavy atom. The average Bonchev–Trinajstić information content (AvgIpc) is 3.17. The van der Waals surface area contributed by atoms with Gasteiger partial charge in [0.05, 0.1) is 7.11 Å². The lowest BCUT2D eigenvalue weighted by atomic mass is 10.0. The number of fused-ring (bicyclic) bond motifs is 2. The summed E-state index contributed by atoms with van der Waals surface area (Å²) < 4.78 is 15.7. The fraction of sp³-hybridized carbons (Fsp3) is 0.118. The smallest absolute Gasteiger partial charge is 0.355 e. The van der Waals surface area contributed by atoms with E-state index in [0.29, 0.717) is 17.2 Å². The highest BCUT2D eigenvalue weighted by molar-refractivity contribution is 6.08. The quantitative estimate of drug-likeness (QED) is 0.736. The number of H-pyrrole nitrogens is 1. The van der Waals surface area contributed by atoms with Crippen LogP contribution in [-0.2, 0) is 4.74 Å². The van der Waals surface area contributed by atoms with Crippen LogP contribution >= 0.6 is 0 Å². The zero-order valence-corrected chi connectivity index (χ0v) is 11.9. The molecule has 0 bridgehead atoms. The van der Waals surface area contributed by atoms with E-state index in [1.54, 1.807) is 0 Å². The number of methoxy groups -OCH3 is 1.